The van der Waals surface area contributed by atoms with E-state index in [1.807, 2.05) is 0 Å². The zero-order chi connectivity index (χ0) is 12.4. The Balaban J connectivity index is 2.18. The van der Waals surface area contributed by atoms with E-state index in [1.54, 1.807) is 24.1 Å². The molecule has 4 nitrogen and oxygen atoms in total. The number of benzene rings is 1. The molecule has 1 aromatic rings. The van der Waals surface area contributed by atoms with Crippen LogP contribution in [-0.2, 0) is 0 Å². The number of rotatable bonds is 3. The Kier molecular flexibility index (Phi) is 3.13. The first-order valence-corrected chi connectivity index (χ1v) is 5.70. The fourth-order valence-corrected chi connectivity index (χ4v) is 1.93. The monoisotopic (exact) mass is 233 g/mol. The lowest BCUT2D eigenvalue weighted by atomic mass is 9.91. The highest BCUT2D eigenvalue weighted by Crippen LogP contribution is 2.24. The van der Waals surface area contributed by atoms with E-state index in [0.29, 0.717) is 11.6 Å². The van der Waals surface area contributed by atoms with Gasteiger partial charge in [0, 0.05) is 18.7 Å². The Bertz CT molecular complexity index is 452. The zero-order valence-electron chi connectivity index (χ0n) is 9.72. The van der Waals surface area contributed by atoms with Crippen molar-refractivity contribution in [2.45, 2.75) is 25.3 Å². The molecule has 1 aliphatic carbocycles. The van der Waals surface area contributed by atoms with Gasteiger partial charge in [-0.1, -0.05) is 6.07 Å². The van der Waals surface area contributed by atoms with Crippen LogP contribution in [0.5, 0.6) is 0 Å². The number of amides is 1. The molecule has 4 heteroatoms. The number of aromatic carboxylic acids is 1. The number of nitrogens with zero attached hydrogens (tertiary/aromatic N) is 1. The zero-order valence-corrected chi connectivity index (χ0v) is 9.72. The molecule has 90 valence electrons. The third-order valence-corrected chi connectivity index (χ3v) is 3.30. The van der Waals surface area contributed by atoms with Crippen LogP contribution in [0.15, 0.2) is 24.3 Å². The van der Waals surface area contributed by atoms with Crippen LogP contribution in [0.1, 0.15) is 40.0 Å². The highest BCUT2D eigenvalue weighted by Gasteiger charge is 2.26. The van der Waals surface area contributed by atoms with Crippen molar-refractivity contribution in [1.29, 1.82) is 0 Å². The molecule has 0 aliphatic heterocycles. The van der Waals surface area contributed by atoms with Gasteiger partial charge in [-0.15, -0.1) is 0 Å². The standard InChI is InChI=1S/C13H15NO3/c1-14(11-6-3-7-11)12(15)9-4-2-5-10(8-9)13(16)17/h2,4-5,8,11H,3,6-7H2,1H3,(H,16,17). The van der Waals surface area contributed by atoms with Crippen LogP contribution in [0.2, 0.25) is 0 Å². The molecule has 0 aromatic heterocycles. The Morgan fingerprint density at radius 2 is 1.94 bits per heavy atom. The van der Waals surface area contributed by atoms with E-state index >= 15 is 0 Å². The molecule has 0 bridgehead atoms. The summed E-state index contributed by atoms with van der Waals surface area (Å²) in [7, 11) is 1.78. The molecule has 0 radical (unpaired) electrons. The van der Waals surface area contributed by atoms with Crippen molar-refractivity contribution in [2.75, 3.05) is 7.05 Å². The largest absolute Gasteiger partial charge is 0.478 e. The maximum Gasteiger partial charge on any atom is 0.335 e. The predicted molar refractivity (Wildman–Crippen MR) is 63.1 cm³/mol. The summed E-state index contributed by atoms with van der Waals surface area (Å²) in [4.78, 5) is 24.6. The number of hydrogen-bond acceptors (Lipinski definition) is 2. The molecule has 1 amide bonds. The van der Waals surface area contributed by atoms with E-state index in [4.69, 9.17) is 5.11 Å². The van der Waals surface area contributed by atoms with Gasteiger partial charge in [-0.3, -0.25) is 4.79 Å². The fourth-order valence-electron chi connectivity index (χ4n) is 1.93. The molecule has 0 spiro atoms. The molecular formula is C13H15NO3. The first kappa shape index (κ1) is 11.6. The van der Waals surface area contributed by atoms with E-state index in [2.05, 4.69) is 0 Å². The first-order valence-electron chi connectivity index (χ1n) is 5.70. The molecule has 1 aromatic carbocycles. The van der Waals surface area contributed by atoms with Crippen LogP contribution < -0.4 is 0 Å². The lowest BCUT2D eigenvalue weighted by Crippen LogP contribution is -2.41. The molecule has 1 N–H and O–H groups in total. The Labute approximate surface area is 99.9 Å². The molecule has 0 unspecified atom stereocenters. The minimum absolute atomic E-state index is 0.0993. The third kappa shape index (κ3) is 2.30. The maximum atomic E-state index is 12.1. The summed E-state index contributed by atoms with van der Waals surface area (Å²) in [5.74, 6) is -1.11. The van der Waals surface area contributed by atoms with Gasteiger partial charge >= 0.3 is 5.97 Å². The molecule has 1 aliphatic rings. The van der Waals surface area contributed by atoms with Crippen LogP contribution in [0.4, 0.5) is 0 Å². The molecule has 0 saturated heterocycles. The van der Waals surface area contributed by atoms with Crippen molar-refractivity contribution in [3.05, 3.63) is 35.4 Å². The van der Waals surface area contributed by atoms with Gasteiger partial charge in [-0.05, 0) is 37.5 Å². The summed E-state index contributed by atoms with van der Waals surface area (Å²) in [5.41, 5.74) is 0.595. The maximum absolute atomic E-state index is 12.1. The summed E-state index contributed by atoms with van der Waals surface area (Å²) < 4.78 is 0. The lowest BCUT2D eigenvalue weighted by Gasteiger charge is -2.34. The highest BCUT2D eigenvalue weighted by molar-refractivity contribution is 5.97. The summed E-state index contributed by atoms with van der Waals surface area (Å²) in [6, 6.07) is 6.49. The summed E-state index contributed by atoms with van der Waals surface area (Å²) in [6.07, 6.45) is 3.25. The van der Waals surface area contributed by atoms with Gasteiger partial charge in [0.05, 0.1) is 5.56 Å². The number of carboxylic acid groups (broad SMARTS) is 1. The molecule has 17 heavy (non-hydrogen) atoms. The minimum atomic E-state index is -1.01. The average Bonchev–Trinajstić information content (AvgIpc) is 2.25. The fraction of sp³-hybridized carbons (Fsp3) is 0.385. The van der Waals surface area contributed by atoms with Crippen molar-refractivity contribution in [3.63, 3.8) is 0 Å². The summed E-state index contributed by atoms with van der Waals surface area (Å²) in [5, 5.41) is 8.87. The van der Waals surface area contributed by atoms with Crippen LogP contribution in [-0.4, -0.2) is 35.0 Å². The number of hydrogen-bond donors (Lipinski definition) is 1. The summed E-state index contributed by atoms with van der Waals surface area (Å²) >= 11 is 0. The van der Waals surface area contributed by atoms with Crippen molar-refractivity contribution in [1.82, 2.24) is 4.90 Å². The van der Waals surface area contributed by atoms with E-state index < -0.39 is 5.97 Å². The molecule has 1 fully saturated rings. The Morgan fingerprint density at radius 1 is 1.29 bits per heavy atom. The van der Waals surface area contributed by atoms with Gasteiger partial charge in [0.25, 0.3) is 5.91 Å². The van der Waals surface area contributed by atoms with Gasteiger partial charge in [0.15, 0.2) is 0 Å². The SMILES string of the molecule is CN(C(=O)c1cccc(C(=O)O)c1)C1CCC1. The van der Waals surface area contributed by atoms with E-state index in [9.17, 15) is 9.59 Å². The smallest absolute Gasteiger partial charge is 0.335 e. The second-order valence-corrected chi connectivity index (χ2v) is 4.39. The normalized spacial score (nSPS) is 15.1. The molecule has 2 rings (SSSR count). The number of carboxylic acids is 1. The van der Waals surface area contributed by atoms with E-state index in [-0.39, 0.29) is 11.5 Å². The topological polar surface area (TPSA) is 57.6 Å². The second kappa shape index (κ2) is 4.57. The number of carbonyl (C=O) groups excluding carboxylic acids is 1. The van der Waals surface area contributed by atoms with Gasteiger partial charge in [0.2, 0.25) is 0 Å². The third-order valence-electron chi connectivity index (χ3n) is 3.30. The van der Waals surface area contributed by atoms with Crippen LogP contribution in [0.25, 0.3) is 0 Å². The highest BCUT2D eigenvalue weighted by atomic mass is 16.4. The van der Waals surface area contributed by atoms with Gasteiger partial charge < -0.3 is 10.0 Å². The number of carbonyl (C=O) groups is 2. The quantitative estimate of drug-likeness (QED) is 0.868. The lowest BCUT2D eigenvalue weighted by molar-refractivity contribution is 0.0652. The minimum Gasteiger partial charge on any atom is -0.478 e. The van der Waals surface area contributed by atoms with Crippen molar-refractivity contribution in [2.24, 2.45) is 0 Å². The van der Waals surface area contributed by atoms with Gasteiger partial charge in [0.1, 0.15) is 0 Å². The van der Waals surface area contributed by atoms with Crippen LogP contribution in [0, 0.1) is 0 Å². The second-order valence-electron chi connectivity index (χ2n) is 4.39. The first-order chi connectivity index (χ1) is 8.09. The molecule has 1 saturated carbocycles. The van der Waals surface area contributed by atoms with Gasteiger partial charge in [-0.25, -0.2) is 4.79 Å². The van der Waals surface area contributed by atoms with E-state index in [1.165, 1.54) is 12.1 Å². The Morgan fingerprint density at radius 3 is 2.47 bits per heavy atom. The van der Waals surface area contributed by atoms with Gasteiger partial charge in [-0.2, -0.15) is 0 Å². The van der Waals surface area contributed by atoms with E-state index in [0.717, 1.165) is 19.3 Å². The molecule has 0 atom stereocenters. The predicted octanol–water partition coefficient (Wildman–Crippen LogP) is 2.01. The van der Waals surface area contributed by atoms with Crippen LogP contribution >= 0.6 is 0 Å². The molecule has 0 heterocycles. The molecular weight excluding hydrogens is 218 g/mol. The summed E-state index contributed by atoms with van der Waals surface area (Å²) in [6.45, 7) is 0. The van der Waals surface area contributed by atoms with Crippen molar-refractivity contribution in [3.8, 4) is 0 Å². The Hall–Kier alpha value is -1.84. The average molecular weight is 233 g/mol. The van der Waals surface area contributed by atoms with Crippen molar-refractivity contribution < 1.29 is 14.7 Å². The van der Waals surface area contributed by atoms with Crippen LogP contribution in [0.3, 0.4) is 0 Å². The van der Waals surface area contributed by atoms with Crippen molar-refractivity contribution >= 4 is 11.9 Å².